The number of carbonyl (C=O) groups is 1. The van der Waals surface area contributed by atoms with E-state index in [2.05, 4.69) is 48.6 Å². The molecule has 0 saturated carbocycles. The van der Waals surface area contributed by atoms with Gasteiger partial charge in [0.1, 0.15) is 0 Å². The number of anilines is 1. The van der Waals surface area contributed by atoms with Crippen LogP contribution in [0, 0.1) is 6.92 Å². The van der Waals surface area contributed by atoms with Crippen LogP contribution in [0.2, 0.25) is 0 Å². The van der Waals surface area contributed by atoms with Gasteiger partial charge in [-0.15, -0.1) is 11.8 Å². The highest BCUT2D eigenvalue weighted by Crippen LogP contribution is 2.25. The number of hydrogen-bond acceptors (Lipinski definition) is 2. The lowest BCUT2D eigenvalue weighted by atomic mass is 10.1. The third kappa shape index (κ3) is 3.67. The fraction of sp³-hybridized carbons (Fsp3) is 0.278. The van der Waals surface area contributed by atoms with Crippen LogP contribution in [-0.4, -0.2) is 11.7 Å². The van der Waals surface area contributed by atoms with Crippen molar-refractivity contribution >= 4 is 23.4 Å². The number of nitrogens with one attached hydrogen (secondary N) is 1. The van der Waals surface area contributed by atoms with Crippen molar-refractivity contribution in [2.24, 2.45) is 0 Å². The Hall–Kier alpha value is -1.74. The van der Waals surface area contributed by atoms with Crippen LogP contribution in [0.4, 0.5) is 5.69 Å². The van der Waals surface area contributed by atoms with Gasteiger partial charge in [0.15, 0.2) is 0 Å². The second-order valence-corrected chi connectivity index (χ2v) is 6.54. The third-order valence-electron chi connectivity index (χ3n) is 3.77. The molecule has 0 radical (unpaired) electrons. The normalized spacial score (nSPS) is 13.0. The zero-order valence-electron chi connectivity index (χ0n) is 12.2. The summed E-state index contributed by atoms with van der Waals surface area (Å²) in [6, 6.07) is 14.5. The molecule has 0 atom stereocenters. The van der Waals surface area contributed by atoms with E-state index in [1.165, 1.54) is 29.5 Å². The molecule has 0 saturated heterocycles. The summed E-state index contributed by atoms with van der Waals surface area (Å²) >= 11 is 1.57. The van der Waals surface area contributed by atoms with Gasteiger partial charge in [-0.2, -0.15) is 0 Å². The number of thioether (sulfide) groups is 1. The zero-order chi connectivity index (χ0) is 14.7. The summed E-state index contributed by atoms with van der Waals surface area (Å²) in [6.07, 6.45) is 3.54. The molecule has 0 unspecified atom stereocenters. The maximum atomic E-state index is 12.0. The molecule has 1 aliphatic rings. The Kier molecular flexibility index (Phi) is 4.30. The lowest BCUT2D eigenvalue weighted by molar-refractivity contribution is -0.113. The topological polar surface area (TPSA) is 29.1 Å². The minimum atomic E-state index is 0.0542. The molecule has 3 heteroatoms. The van der Waals surface area contributed by atoms with Crippen molar-refractivity contribution in [3.05, 3.63) is 59.2 Å². The molecule has 2 aromatic rings. The van der Waals surface area contributed by atoms with E-state index in [0.717, 1.165) is 17.0 Å². The minimum Gasteiger partial charge on any atom is -0.325 e. The van der Waals surface area contributed by atoms with Crippen molar-refractivity contribution in [3.8, 4) is 0 Å². The highest BCUT2D eigenvalue weighted by Gasteiger charge is 2.11. The molecule has 2 aromatic carbocycles. The predicted octanol–water partition coefficient (Wildman–Crippen LogP) is 4.21. The first-order chi connectivity index (χ1) is 10.2. The smallest absolute Gasteiger partial charge is 0.234 e. The molecule has 3 rings (SSSR count). The van der Waals surface area contributed by atoms with Crippen molar-refractivity contribution in [2.45, 2.75) is 31.1 Å². The summed E-state index contributed by atoms with van der Waals surface area (Å²) in [5, 5.41) is 2.99. The van der Waals surface area contributed by atoms with Crippen LogP contribution in [0.15, 0.2) is 47.4 Å². The molecule has 0 aromatic heterocycles. The van der Waals surface area contributed by atoms with Gasteiger partial charge < -0.3 is 5.32 Å². The standard InChI is InChI=1S/C18H19NOS/c1-13-5-9-17(10-6-13)21-12-18(20)19-16-8-7-14-3-2-4-15(14)11-16/h5-11H,2-4,12H2,1H3,(H,19,20). The van der Waals surface area contributed by atoms with E-state index in [-0.39, 0.29) is 5.91 Å². The monoisotopic (exact) mass is 297 g/mol. The van der Waals surface area contributed by atoms with Crippen molar-refractivity contribution in [3.63, 3.8) is 0 Å². The van der Waals surface area contributed by atoms with Crippen LogP contribution < -0.4 is 5.32 Å². The number of carbonyl (C=O) groups excluding carboxylic acids is 1. The lowest BCUT2D eigenvalue weighted by Crippen LogP contribution is -2.14. The van der Waals surface area contributed by atoms with E-state index >= 15 is 0 Å². The molecule has 21 heavy (non-hydrogen) atoms. The van der Waals surface area contributed by atoms with Gasteiger partial charge in [0.2, 0.25) is 5.91 Å². The van der Waals surface area contributed by atoms with Crippen LogP contribution in [0.1, 0.15) is 23.1 Å². The Balaban J connectivity index is 1.55. The van der Waals surface area contributed by atoms with Crippen LogP contribution in [0.25, 0.3) is 0 Å². The van der Waals surface area contributed by atoms with Gasteiger partial charge in [0.05, 0.1) is 5.75 Å². The van der Waals surface area contributed by atoms with E-state index < -0.39 is 0 Å². The maximum absolute atomic E-state index is 12.0. The van der Waals surface area contributed by atoms with Crippen molar-refractivity contribution < 1.29 is 4.79 Å². The maximum Gasteiger partial charge on any atom is 0.234 e. The molecule has 1 aliphatic carbocycles. The molecule has 0 heterocycles. The second kappa shape index (κ2) is 6.35. The van der Waals surface area contributed by atoms with Gasteiger partial charge in [0, 0.05) is 10.6 Å². The number of rotatable bonds is 4. The summed E-state index contributed by atoms with van der Waals surface area (Å²) in [5.74, 6) is 0.499. The Morgan fingerprint density at radius 1 is 1.10 bits per heavy atom. The summed E-state index contributed by atoms with van der Waals surface area (Å²) in [6.45, 7) is 2.06. The van der Waals surface area contributed by atoms with E-state index in [1.54, 1.807) is 11.8 Å². The summed E-state index contributed by atoms with van der Waals surface area (Å²) < 4.78 is 0. The molecular weight excluding hydrogens is 278 g/mol. The predicted molar refractivity (Wildman–Crippen MR) is 89.0 cm³/mol. The Bertz CT molecular complexity index is 649. The van der Waals surface area contributed by atoms with Crippen LogP contribution >= 0.6 is 11.8 Å². The fourth-order valence-corrected chi connectivity index (χ4v) is 3.33. The van der Waals surface area contributed by atoms with Gasteiger partial charge in [-0.1, -0.05) is 23.8 Å². The third-order valence-corrected chi connectivity index (χ3v) is 4.79. The average molecular weight is 297 g/mol. The van der Waals surface area contributed by atoms with E-state index in [4.69, 9.17) is 0 Å². The van der Waals surface area contributed by atoms with Crippen molar-refractivity contribution in [2.75, 3.05) is 11.1 Å². The van der Waals surface area contributed by atoms with Crippen LogP contribution in [0.3, 0.4) is 0 Å². The molecular formula is C18H19NOS. The van der Waals surface area contributed by atoms with Gasteiger partial charge in [-0.3, -0.25) is 4.79 Å². The molecule has 0 bridgehead atoms. The van der Waals surface area contributed by atoms with Gasteiger partial charge in [0.25, 0.3) is 0 Å². The molecule has 108 valence electrons. The average Bonchev–Trinajstić information content (AvgIpc) is 2.94. The summed E-state index contributed by atoms with van der Waals surface area (Å²) in [4.78, 5) is 13.2. The number of fused-ring (bicyclic) bond motifs is 1. The Morgan fingerprint density at radius 3 is 2.67 bits per heavy atom. The lowest BCUT2D eigenvalue weighted by Gasteiger charge is -2.07. The van der Waals surface area contributed by atoms with E-state index in [9.17, 15) is 4.79 Å². The molecule has 0 aliphatic heterocycles. The van der Waals surface area contributed by atoms with Crippen molar-refractivity contribution in [1.82, 2.24) is 0 Å². The fourth-order valence-electron chi connectivity index (χ4n) is 2.63. The first-order valence-corrected chi connectivity index (χ1v) is 8.30. The first-order valence-electron chi connectivity index (χ1n) is 7.32. The molecule has 0 fully saturated rings. The minimum absolute atomic E-state index is 0.0542. The SMILES string of the molecule is Cc1ccc(SCC(=O)Nc2ccc3c(c2)CCC3)cc1. The van der Waals surface area contributed by atoms with Crippen LogP contribution in [-0.2, 0) is 17.6 Å². The van der Waals surface area contributed by atoms with Gasteiger partial charge in [-0.05, 0) is 61.6 Å². The van der Waals surface area contributed by atoms with E-state index in [1.807, 2.05) is 6.07 Å². The number of hydrogen-bond donors (Lipinski definition) is 1. The molecule has 1 N–H and O–H groups in total. The summed E-state index contributed by atoms with van der Waals surface area (Å²) in [5.41, 5.74) is 4.98. The Labute approximate surface area is 130 Å². The van der Waals surface area contributed by atoms with E-state index in [0.29, 0.717) is 5.75 Å². The Morgan fingerprint density at radius 2 is 1.86 bits per heavy atom. The summed E-state index contributed by atoms with van der Waals surface area (Å²) in [7, 11) is 0. The largest absolute Gasteiger partial charge is 0.325 e. The van der Waals surface area contributed by atoms with Crippen LogP contribution in [0.5, 0.6) is 0 Å². The van der Waals surface area contributed by atoms with Gasteiger partial charge >= 0.3 is 0 Å². The number of aryl methyl sites for hydroxylation is 3. The van der Waals surface area contributed by atoms with Gasteiger partial charge in [-0.25, -0.2) is 0 Å². The highest BCUT2D eigenvalue weighted by molar-refractivity contribution is 8.00. The first kappa shape index (κ1) is 14.2. The highest BCUT2D eigenvalue weighted by atomic mass is 32.2. The van der Waals surface area contributed by atoms with Crippen molar-refractivity contribution in [1.29, 1.82) is 0 Å². The number of amides is 1. The molecule has 2 nitrogen and oxygen atoms in total. The zero-order valence-corrected chi connectivity index (χ0v) is 13.0. The molecule has 0 spiro atoms. The molecule has 1 amide bonds. The number of benzene rings is 2. The quantitative estimate of drug-likeness (QED) is 0.856. The second-order valence-electron chi connectivity index (χ2n) is 5.49.